The maximum absolute atomic E-state index is 14.7. The lowest BCUT2D eigenvalue weighted by Gasteiger charge is -2.13. The van der Waals surface area contributed by atoms with E-state index in [0.717, 1.165) is 5.56 Å². The Labute approximate surface area is 230 Å². The van der Waals surface area contributed by atoms with Crippen LogP contribution in [0.5, 0.6) is 5.75 Å². The predicted octanol–water partition coefficient (Wildman–Crippen LogP) is 4.54. The van der Waals surface area contributed by atoms with Crippen LogP contribution < -0.4 is 15.4 Å². The molecule has 40 heavy (non-hydrogen) atoms. The second-order valence-electron chi connectivity index (χ2n) is 8.19. The van der Waals surface area contributed by atoms with E-state index in [4.69, 9.17) is 14.3 Å². The molecule has 2 N–H and O–H groups in total. The molecule has 2 aromatic heterocycles. The zero-order valence-corrected chi connectivity index (χ0v) is 22.7. The summed E-state index contributed by atoms with van der Waals surface area (Å²) in [6.45, 7) is 5.74. The Morgan fingerprint density at radius 2 is 1.88 bits per heavy atom. The van der Waals surface area contributed by atoms with E-state index in [1.165, 1.54) is 32.5 Å². The molecule has 0 aliphatic heterocycles. The summed E-state index contributed by atoms with van der Waals surface area (Å²) in [4.78, 5) is 30.3. The number of aromatic nitrogens is 3. The first kappa shape index (κ1) is 30.0. The first-order valence-electron chi connectivity index (χ1n) is 12.5. The number of carbonyl (C=O) groups excluding carboxylic acids is 2. The number of methoxy groups -OCH3 is 2. The Balaban J connectivity index is 0.00000103. The summed E-state index contributed by atoms with van der Waals surface area (Å²) < 4.78 is 44.6. The summed E-state index contributed by atoms with van der Waals surface area (Å²) in [6.07, 6.45) is 5.27. The fraction of sp³-hybridized carbons (Fsp3) is 0.286. The minimum atomic E-state index is -1.06. The number of halogens is 2. The van der Waals surface area contributed by atoms with E-state index in [9.17, 15) is 13.6 Å². The van der Waals surface area contributed by atoms with Gasteiger partial charge in [0.15, 0.2) is 23.0 Å². The second kappa shape index (κ2) is 14.5. The molecule has 0 saturated heterocycles. The molecular formula is C28H31F2N5O5. The van der Waals surface area contributed by atoms with Crippen LogP contribution in [0.25, 0.3) is 16.9 Å². The SMILES string of the molecule is CCOCCNC(=O)c1ccc(Nc2nccn3c(-c4ccc(OC)c(F)c4F)cnc23)cc1CC.COC=O. The van der Waals surface area contributed by atoms with Gasteiger partial charge in [0.1, 0.15) is 0 Å². The molecule has 0 unspecified atom stereocenters. The summed E-state index contributed by atoms with van der Waals surface area (Å²) in [6, 6.07) is 8.23. The Hall–Kier alpha value is -4.58. The zero-order valence-electron chi connectivity index (χ0n) is 22.7. The van der Waals surface area contributed by atoms with Gasteiger partial charge in [-0.3, -0.25) is 14.0 Å². The van der Waals surface area contributed by atoms with Crippen LogP contribution in [0.15, 0.2) is 48.9 Å². The van der Waals surface area contributed by atoms with Gasteiger partial charge in [0.2, 0.25) is 5.82 Å². The number of ether oxygens (including phenoxy) is 3. The van der Waals surface area contributed by atoms with Gasteiger partial charge in [0.05, 0.1) is 32.7 Å². The van der Waals surface area contributed by atoms with Gasteiger partial charge in [-0.15, -0.1) is 0 Å². The van der Waals surface area contributed by atoms with E-state index in [0.29, 0.717) is 61.1 Å². The van der Waals surface area contributed by atoms with Gasteiger partial charge in [0, 0.05) is 42.4 Å². The highest BCUT2D eigenvalue weighted by atomic mass is 19.2. The maximum atomic E-state index is 14.7. The highest BCUT2D eigenvalue weighted by Gasteiger charge is 2.19. The number of imidazole rings is 1. The molecule has 1 amide bonds. The molecule has 0 aliphatic carbocycles. The fourth-order valence-corrected chi connectivity index (χ4v) is 3.89. The normalized spacial score (nSPS) is 10.4. The minimum Gasteiger partial charge on any atom is -0.494 e. The summed E-state index contributed by atoms with van der Waals surface area (Å²) in [5.41, 5.74) is 3.00. The van der Waals surface area contributed by atoms with E-state index in [-0.39, 0.29) is 17.2 Å². The number of nitrogens with zero attached hydrogens (tertiary/aromatic N) is 3. The zero-order chi connectivity index (χ0) is 29.1. The molecule has 0 atom stereocenters. The van der Waals surface area contributed by atoms with Gasteiger partial charge in [0.25, 0.3) is 12.4 Å². The van der Waals surface area contributed by atoms with Crippen molar-refractivity contribution in [3.05, 3.63) is 71.7 Å². The Bertz CT molecular complexity index is 1460. The minimum absolute atomic E-state index is 0.0471. The smallest absolute Gasteiger partial charge is 0.292 e. The lowest BCUT2D eigenvalue weighted by atomic mass is 10.0. The van der Waals surface area contributed by atoms with Crippen molar-refractivity contribution in [2.75, 3.05) is 39.3 Å². The number of hydrogen-bond donors (Lipinski definition) is 2. The molecule has 0 aliphatic rings. The molecule has 0 radical (unpaired) electrons. The van der Waals surface area contributed by atoms with Gasteiger partial charge in [-0.05, 0) is 49.2 Å². The fourth-order valence-electron chi connectivity index (χ4n) is 3.89. The number of fused-ring (bicyclic) bond motifs is 1. The first-order chi connectivity index (χ1) is 19.4. The highest BCUT2D eigenvalue weighted by Crippen LogP contribution is 2.31. The van der Waals surface area contributed by atoms with Gasteiger partial charge in [-0.25, -0.2) is 14.4 Å². The number of anilines is 2. The van der Waals surface area contributed by atoms with Crippen LogP contribution in [0.4, 0.5) is 20.3 Å². The summed E-state index contributed by atoms with van der Waals surface area (Å²) in [5.74, 6) is -2.00. The van der Waals surface area contributed by atoms with E-state index < -0.39 is 11.6 Å². The highest BCUT2D eigenvalue weighted by molar-refractivity contribution is 5.96. The van der Waals surface area contributed by atoms with Crippen LogP contribution in [0.2, 0.25) is 0 Å². The summed E-state index contributed by atoms with van der Waals surface area (Å²) in [5, 5.41) is 6.08. The predicted molar refractivity (Wildman–Crippen MR) is 146 cm³/mol. The Morgan fingerprint density at radius 3 is 2.55 bits per heavy atom. The Morgan fingerprint density at radius 1 is 1.10 bits per heavy atom. The Kier molecular flexibility index (Phi) is 10.9. The number of carbonyl (C=O) groups is 2. The lowest BCUT2D eigenvalue weighted by molar-refractivity contribution is -0.126. The van der Waals surface area contributed by atoms with E-state index in [1.54, 1.807) is 28.9 Å². The number of amides is 1. The van der Waals surface area contributed by atoms with Crippen molar-refractivity contribution < 1.29 is 32.6 Å². The molecule has 12 heteroatoms. The van der Waals surface area contributed by atoms with Crippen LogP contribution in [-0.4, -0.2) is 60.7 Å². The summed E-state index contributed by atoms with van der Waals surface area (Å²) >= 11 is 0. The number of rotatable bonds is 11. The molecule has 212 valence electrons. The monoisotopic (exact) mass is 555 g/mol. The second-order valence-corrected chi connectivity index (χ2v) is 8.19. The van der Waals surface area contributed by atoms with Crippen molar-refractivity contribution in [2.24, 2.45) is 0 Å². The van der Waals surface area contributed by atoms with Gasteiger partial charge >= 0.3 is 0 Å². The average Bonchev–Trinajstić information content (AvgIpc) is 3.41. The van der Waals surface area contributed by atoms with Gasteiger partial charge in [-0.2, -0.15) is 4.39 Å². The average molecular weight is 556 g/mol. The number of hydrogen-bond acceptors (Lipinski definition) is 8. The van der Waals surface area contributed by atoms with Crippen LogP contribution in [-0.2, 0) is 20.7 Å². The van der Waals surface area contributed by atoms with Crippen molar-refractivity contribution in [2.45, 2.75) is 20.3 Å². The van der Waals surface area contributed by atoms with Gasteiger partial charge < -0.3 is 24.8 Å². The first-order valence-corrected chi connectivity index (χ1v) is 12.5. The van der Waals surface area contributed by atoms with Crippen molar-refractivity contribution in [1.29, 1.82) is 0 Å². The topological polar surface area (TPSA) is 116 Å². The molecule has 0 saturated carbocycles. The lowest BCUT2D eigenvalue weighted by Crippen LogP contribution is -2.28. The molecule has 4 rings (SSSR count). The molecule has 10 nitrogen and oxygen atoms in total. The third-order valence-corrected chi connectivity index (χ3v) is 5.80. The quantitative estimate of drug-likeness (QED) is 0.205. The van der Waals surface area contributed by atoms with E-state index >= 15 is 0 Å². The molecule has 2 heterocycles. The molecule has 0 fully saturated rings. The molecular weight excluding hydrogens is 524 g/mol. The van der Waals surface area contributed by atoms with Crippen molar-refractivity contribution in [3.8, 4) is 17.0 Å². The maximum Gasteiger partial charge on any atom is 0.292 e. The molecule has 2 aromatic carbocycles. The third kappa shape index (κ3) is 6.89. The number of nitrogens with one attached hydrogen (secondary N) is 2. The summed E-state index contributed by atoms with van der Waals surface area (Å²) in [7, 11) is 2.59. The molecule has 0 bridgehead atoms. The van der Waals surface area contributed by atoms with E-state index in [1.807, 2.05) is 19.9 Å². The van der Waals surface area contributed by atoms with Crippen LogP contribution in [0, 0.1) is 11.6 Å². The standard InChI is InChI=1S/C26H27F2N5O3.C2H4O2/c1-4-16-14-17(6-7-18(16)26(34)30-11-13-36-5-2)32-24-25-31-15-20(33(25)12-10-29-24)19-8-9-21(35-3)23(28)22(19)27;1-4-2-3/h6-10,12,14-15H,4-5,11,13H2,1-3H3,(H,29,32)(H,30,34);2H,1H3. The van der Waals surface area contributed by atoms with Crippen molar-refractivity contribution in [1.82, 2.24) is 19.7 Å². The number of aryl methyl sites for hydroxylation is 1. The largest absolute Gasteiger partial charge is 0.494 e. The van der Waals surface area contributed by atoms with Gasteiger partial charge in [-0.1, -0.05) is 6.92 Å². The molecule has 0 spiro atoms. The van der Waals surface area contributed by atoms with Crippen molar-refractivity contribution in [3.63, 3.8) is 0 Å². The van der Waals surface area contributed by atoms with Crippen LogP contribution >= 0.6 is 0 Å². The molecule has 4 aromatic rings. The number of benzene rings is 2. The third-order valence-electron chi connectivity index (χ3n) is 5.80. The van der Waals surface area contributed by atoms with Crippen LogP contribution in [0.1, 0.15) is 29.8 Å². The van der Waals surface area contributed by atoms with Crippen LogP contribution in [0.3, 0.4) is 0 Å². The van der Waals surface area contributed by atoms with Crippen molar-refractivity contribution >= 4 is 29.5 Å². The van der Waals surface area contributed by atoms with E-state index in [2.05, 4.69) is 25.3 Å².